The fourth-order valence-electron chi connectivity index (χ4n) is 3.91. The normalized spacial score (nSPS) is 16.7. The van der Waals surface area contributed by atoms with Crippen molar-refractivity contribution in [1.29, 1.82) is 0 Å². The summed E-state index contributed by atoms with van der Waals surface area (Å²) in [6, 6.07) is 19.9. The van der Waals surface area contributed by atoms with Crippen molar-refractivity contribution in [2.75, 3.05) is 6.54 Å². The molecule has 1 saturated heterocycles. The highest BCUT2D eigenvalue weighted by Crippen LogP contribution is 2.35. The van der Waals surface area contributed by atoms with Crippen molar-refractivity contribution in [3.8, 4) is 0 Å². The summed E-state index contributed by atoms with van der Waals surface area (Å²) in [5.74, 6) is 1.61. The minimum atomic E-state index is -0.0252. The molecule has 5 rings (SSSR count). The summed E-state index contributed by atoms with van der Waals surface area (Å²) >= 11 is 1.41. The van der Waals surface area contributed by atoms with Gasteiger partial charge in [0.2, 0.25) is 0 Å². The molecule has 5 nitrogen and oxygen atoms in total. The molecule has 0 radical (unpaired) electrons. The molecule has 1 aliphatic rings. The van der Waals surface area contributed by atoms with Crippen molar-refractivity contribution >= 4 is 45.5 Å². The van der Waals surface area contributed by atoms with Crippen LogP contribution >= 0.6 is 11.8 Å². The van der Waals surface area contributed by atoms with E-state index in [0.717, 1.165) is 34.7 Å². The number of hydrogen-bond donors (Lipinski definition) is 1. The minimum absolute atomic E-state index is 0.0252. The molecule has 1 amide bonds. The summed E-state index contributed by atoms with van der Waals surface area (Å²) < 4.78 is 5.63. The van der Waals surface area contributed by atoms with Gasteiger partial charge in [0.1, 0.15) is 11.5 Å². The number of hydrogen-bond acceptors (Lipinski definition) is 4. The number of aryl methyl sites for hydroxylation is 2. The Hall–Kier alpha value is -3.51. The number of para-hydroxylation sites is 2. The highest BCUT2D eigenvalue weighted by Gasteiger charge is 2.33. The van der Waals surface area contributed by atoms with E-state index in [4.69, 9.17) is 9.41 Å². The molecule has 1 aliphatic heterocycles. The van der Waals surface area contributed by atoms with Gasteiger partial charge in [0, 0.05) is 29.2 Å². The zero-order valence-corrected chi connectivity index (χ0v) is 18.8. The number of carbonyl (C=O) groups excluding carboxylic acids is 1. The number of furan rings is 1. The number of benzene rings is 2. The number of amides is 1. The first-order valence-electron chi connectivity index (χ1n) is 10.6. The van der Waals surface area contributed by atoms with Crippen molar-refractivity contribution in [2.24, 2.45) is 4.99 Å². The lowest BCUT2D eigenvalue weighted by atomic mass is 10.1. The highest BCUT2D eigenvalue weighted by atomic mass is 32.2. The van der Waals surface area contributed by atoms with Crippen LogP contribution in [0.4, 0.5) is 5.69 Å². The van der Waals surface area contributed by atoms with Crippen molar-refractivity contribution < 1.29 is 9.21 Å². The quantitative estimate of drug-likeness (QED) is 0.374. The van der Waals surface area contributed by atoms with Crippen LogP contribution in [0, 0.1) is 13.8 Å². The van der Waals surface area contributed by atoms with Gasteiger partial charge in [0.05, 0.1) is 10.6 Å². The first kappa shape index (κ1) is 20.4. The van der Waals surface area contributed by atoms with Crippen LogP contribution in [0.15, 0.2) is 81.2 Å². The topological polar surface area (TPSA) is 61.6 Å². The van der Waals surface area contributed by atoms with Crippen LogP contribution < -0.4 is 0 Å². The van der Waals surface area contributed by atoms with Crippen LogP contribution in [0.3, 0.4) is 0 Å². The number of nitrogens with zero attached hydrogens (tertiary/aromatic N) is 2. The van der Waals surface area contributed by atoms with Crippen molar-refractivity contribution in [3.63, 3.8) is 0 Å². The average molecular weight is 442 g/mol. The Morgan fingerprint density at radius 3 is 2.66 bits per heavy atom. The van der Waals surface area contributed by atoms with Gasteiger partial charge < -0.3 is 9.40 Å². The molecule has 0 saturated carbocycles. The number of nitrogens with one attached hydrogen (secondary N) is 1. The second-order valence-electron chi connectivity index (χ2n) is 7.78. The maximum absolute atomic E-state index is 13.4. The lowest BCUT2D eigenvalue weighted by molar-refractivity contribution is -0.122. The Kier molecular flexibility index (Phi) is 5.45. The second-order valence-corrected chi connectivity index (χ2v) is 8.78. The number of aromatic amines is 1. The molecule has 4 aromatic rings. The molecule has 0 atom stereocenters. The number of thioether (sulfide) groups is 1. The van der Waals surface area contributed by atoms with E-state index in [1.807, 2.05) is 74.7 Å². The van der Waals surface area contributed by atoms with Crippen LogP contribution in [0.5, 0.6) is 0 Å². The van der Waals surface area contributed by atoms with Gasteiger partial charge in [-0.05, 0) is 67.9 Å². The molecular weight excluding hydrogens is 418 g/mol. The summed E-state index contributed by atoms with van der Waals surface area (Å²) in [5, 5.41) is 1.89. The number of aliphatic imine (C=N–C) groups is 1. The molecule has 1 N–H and O–H groups in total. The monoisotopic (exact) mass is 441 g/mol. The predicted octanol–water partition coefficient (Wildman–Crippen LogP) is 6.22. The standard InChI is InChI=1S/C26H23N3O2S/c1-17-14-20(18(2)31-17)15-24-25(30)29(26(32-24)28-21-8-4-3-5-9-21)13-12-19-16-27-23-11-7-6-10-22(19)23/h3-11,14-16,27H,12-13H2,1-2H3/b24-15-,28-26?. The van der Waals surface area contributed by atoms with Crippen molar-refractivity contribution in [2.45, 2.75) is 20.3 Å². The molecule has 160 valence electrons. The van der Waals surface area contributed by atoms with E-state index in [0.29, 0.717) is 16.6 Å². The molecule has 1 fully saturated rings. The summed E-state index contributed by atoms with van der Waals surface area (Å²) in [4.78, 5) is 23.9. The van der Waals surface area contributed by atoms with Gasteiger partial charge in [-0.15, -0.1) is 0 Å². The highest BCUT2D eigenvalue weighted by molar-refractivity contribution is 8.18. The van der Waals surface area contributed by atoms with Crippen LogP contribution in [0.2, 0.25) is 0 Å². The maximum Gasteiger partial charge on any atom is 0.266 e. The van der Waals surface area contributed by atoms with Crippen LogP contribution in [0.1, 0.15) is 22.6 Å². The number of amidine groups is 1. The Bertz CT molecular complexity index is 1350. The lowest BCUT2D eigenvalue weighted by Gasteiger charge is -2.15. The number of H-pyrrole nitrogens is 1. The molecule has 0 bridgehead atoms. The van der Waals surface area contributed by atoms with Crippen LogP contribution in [-0.4, -0.2) is 27.5 Å². The molecule has 0 aliphatic carbocycles. The molecule has 32 heavy (non-hydrogen) atoms. The molecule has 0 unspecified atom stereocenters. The summed E-state index contributed by atoms with van der Waals surface area (Å²) in [5.41, 5.74) is 4.05. The number of carbonyl (C=O) groups is 1. The summed E-state index contributed by atoms with van der Waals surface area (Å²) in [6.07, 6.45) is 4.67. The Morgan fingerprint density at radius 2 is 1.88 bits per heavy atom. The third kappa shape index (κ3) is 4.01. The Morgan fingerprint density at radius 1 is 1.09 bits per heavy atom. The third-order valence-electron chi connectivity index (χ3n) is 5.51. The summed E-state index contributed by atoms with van der Waals surface area (Å²) in [7, 11) is 0. The fraction of sp³-hybridized carbons (Fsp3) is 0.154. The van der Waals surface area contributed by atoms with Gasteiger partial charge in [-0.2, -0.15) is 0 Å². The van der Waals surface area contributed by atoms with Crippen molar-refractivity contribution in [3.05, 3.63) is 94.4 Å². The number of fused-ring (bicyclic) bond motifs is 1. The average Bonchev–Trinajstić information content (AvgIpc) is 3.44. The molecule has 6 heteroatoms. The molecule has 2 aromatic carbocycles. The van der Waals surface area contributed by atoms with Gasteiger partial charge in [-0.3, -0.25) is 9.69 Å². The van der Waals surface area contributed by atoms with Crippen LogP contribution in [0.25, 0.3) is 17.0 Å². The fourth-order valence-corrected chi connectivity index (χ4v) is 4.92. The van der Waals surface area contributed by atoms with E-state index in [-0.39, 0.29) is 5.91 Å². The van der Waals surface area contributed by atoms with E-state index in [1.165, 1.54) is 22.7 Å². The zero-order chi connectivity index (χ0) is 22.1. The third-order valence-corrected chi connectivity index (χ3v) is 6.52. The summed E-state index contributed by atoms with van der Waals surface area (Å²) in [6.45, 7) is 4.38. The van der Waals surface area contributed by atoms with Gasteiger partial charge >= 0.3 is 0 Å². The Labute approximate surface area is 190 Å². The minimum Gasteiger partial charge on any atom is -0.466 e. The van der Waals surface area contributed by atoms with Gasteiger partial charge in [-0.25, -0.2) is 4.99 Å². The molecule has 2 aromatic heterocycles. The molecule has 0 spiro atoms. The number of aromatic nitrogens is 1. The van der Waals surface area contributed by atoms with Crippen molar-refractivity contribution in [1.82, 2.24) is 9.88 Å². The largest absolute Gasteiger partial charge is 0.466 e. The van der Waals surface area contributed by atoms with E-state index in [9.17, 15) is 4.79 Å². The van der Waals surface area contributed by atoms with Gasteiger partial charge in [-0.1, -0.05) is 36.4 Å². The SMILES string of the molecule is Cc1cc(/C=C2\SC(=Nc3ccccc3)N(CCc3c[nH]c4ccccc34)C2=O)c(C)o1. The van der Waals surface area contributed by atoms with Crippen LogP contribution in [-0.2, 0) is 11.2 Å². The predicted molar refractivity (Wildman–Crippen MR) is 131 cm³/mol. The lowest BCUT2D eigenvalue weighted by Crippen LogP contribution is -2.31. The zero-order valence-electron chi connectivity index (χ0n) is 18.0. The second kappa shape index (κ2) is 8.55. The first-order chi connectivity index (χ1) is 15.6. The van der Waals surface area contributed by atoms with E-state index < -0.39 is 0 Å². The van der Waals surface area contributed by atoms with Gasteiger partial charge in [0.15, 0.2) is 5.17 Å². The molecular formula is C26H23N3O2S. The van der Waals surface area contributed by atoms with E-state index in [2.05, 4.69) is 17.1 Å². The van der Waals surface area contributed by atoms with E-state index >= 15 is 0 Å². The maximum atomic E-state index is 13.4. The van der Waals surface area contributed by atoms with E-state index in [1.54, 1.807) is 4.90 Å². The van der Waals surface area contributed by atoms with Gasteiger partial charge in [0.25, 0.3) is 5.91 Å². The number of rotatable bonds is 5. The first-order valence-corrected chi connectivity index (χ1v) is 11.4. The smallest absolute Gasteiger partial charge is 0.266 e. The Balaban J connectivity index is 1.46. The molecule has 3 heterocycles.